The Kier molecular flexibility index (Phi) is 7.41. The highest BCUT2D eigenvalue weighted by Gasteiger charge is 2.21. The van der Waals surface area contributed by atoms with Gasteiger partial charge in [0, 0.05) is 23.7 Å². The number of amides is 1. The molecule has 2 aromatic carbocycles. The average Bonchev–Trinajstić information content (AvgIpc) is 3.25. The molecule has 0 aliphatic rings. The number of aromatic nitrogens is 1. The van der Waals surface area contributed by atoms with Gasteiger partial charge in [-0.3, -0.25) is 4.79 Å². The molecule has 1 amide bonds. The van der Waals surface area contributed by atoms with Crippen molar-refractivity contribution < 1.29 is 23.5 Å². The van der Waals surface area contributed by atoms with Gasteiger partial charge in [0.05, 0.1) is 27.9 Å². The van der Waals surface area contributed by atoms with Gasteiger partial charge in [-0.15, -0.1) is 0 Å². The first-order chi connectivity index (χ1) is 15.4. The highest BCUT2D eigenvalue weighted by molar-refractivity contribution is 5.94. The number of aryl methyl sites for hydroxylation is 1. The summed E-state index contributed by atoms with van der Waals surface area (Å²) in [5.41, 5.74) is 3.17. The van der Waals surface area contributed by atoms with Crippen LogP contribution in [0.1, 0.15) is 35.5 Å². The second-order valence-electron chi connectivity index (χ2n) is 8.04. The van der Waals surface area contributed by atoms with Crippen molar-refractivity contribution in [2.75, 3.05) is 27.9 Å². The zero-order valence-corrected chi connectivity index (χ0v) is 19.5. The van der Waals surface area contributed by atoms with E-state index < -0.39 is 0 Å². The molecule has 0 aliphatic heterocycles. The van der Waals surface area contributed by atoms with E-state index in [1.165, 1.54) is 0 Å². The van der Waals surface area contributed by atoms with E-state index in [4.69, 9.17) is 18.7 Å². The molecule has 3 rings (SSSR count). The number of benzene rings is 2. The number of hydrogen-bond donors (Lipinski definition) is 0. The lowest BCUT2D eigenvalue weighted by molar-refractivity contribution is 0.0719. The summed E-state index contributed by atoms with van der Waals surface area (Å²) < 4.78 is 21.8. The first-order valence-electron chi connectivity index (χ1n) is 10.5. The summed E-state index contributed by atoms with van der Waals surface area (Å²) in [5.74, 6) is 2.38. The van der Waals surface area contributed by atoms with Crippen LogP contribution < -0.4 is 14.2 Å². The van der Waals surface area contributed by atoms with Crippen molar-refractivity contribution in [2.45, 2.75) is 27.3 Å². The van der Waals surface area contributed by atoms with Crippen LogP contribution in [0.2, 0.25) is 0 Å². The molecular formula is C25H30N2O5. The molecule has 7 nitrogen and oxygen atoms in total. The van der Waals surface area contributed by atoms with E-state index >= 15 is 0 Å². The van der Waals surface area contributed by atoms with Crippen molar-refractivity contribution >= 4 is 5.91 Å². The molecule has 0 spiro atoms. The van der Waals surface area contributed by atoms with Gasteiger partial charge in [0.15, 0.2) is 17.3 Å². The minimum absolute atomic E-state index is 0.0314. The second-order valence-corrected chi connectivity index (χ2v) is 8.04. The molecule has 0 atom stereocenters. The minimum atomic E-state index is -0.0314. The van der Waals surface area contributed by atoms with E-state index in [0.29, 0.717) is 53.3 Å². The average molecular weight is 439 g/mol. The van der Waals surface area contributed by atoms with Crippen molar-refractivity contribution in [3.63, 3.8) is 0 Å². The molecule has 0 saturated heterocycles. The Bertz CT molecular complexity index is 1030. The number of ether oxygens (including phenoxy) is 3. The van der Waals surface area contributed by atoms with Crippen molar-refractivity contribution in [2.24, 2.45) is 5.92 Å². The Morgan fingerprint density at radius 1 is 1.00 bits per heavy atom. The molecule has 0 radical (unpaired) electrons. The highest BCUT2D eigenvalue weighted by Crippen LogP contribution is 2.41. The second kappa shape index (κ2) is 10.2. The Morgan fingerprint density at radius 2 is 1.62 bits per heavy atom. The highest BCUT2D eigenvalue weighted by atomic mass is 16.5. The molecule has 0 bridgehead atoms. The Hall–Kier alpha value is -3.48. The summed E-state index contributed by atoms with van der Waals surface area (Å²) in [6, 6.07) is 13.0. The largest absolute Gasteiger partial charge is 0.493 e. The van der Waals surface area contributed by atoms with Gasteiger partial charge < -0.3 is 23.6 Å². The molecule has 0 saturated carbocycles. The van der Waals surface area contributed by atoms with Gasteiger partial charge in [-0.25, -0.2) is 0 Å². The SMILES string of the molecule is COc1cc(-c2cc(CN(CC(C)C)C(=O)c3ccc(C)cc3)no2)cc(OC)c1OC. The molecule has 0 fully saturated rings. The topological polar surface area (TPSA) is 74.0 Å². The quantitative estimate of drug-likeness (QED) is 0.469. The third kappa shape index (κ3) is 5.22. The van der Waals surface area contributed by atoms with Gasteiger partial charge in [-0.1, -0.05) is 36.7 Å². The summed E-state index contributed by atoms with van der Waals surface area (Å²) in [7, 11) is 4.68. The van der Waals surface area contributed by atoms with Gasteiger partial charge >= 0.3 is 0 Å². The maximum Gasteiger partial charge on any atom is 0.254 e. The van der Waals surface area contributed by atoms with Crippen LogP contribution in [0.15, 0.2) is 47.0 Å². The first kappa shape index (κ1) is 23.2. The van der Waals surface area contributed by atoms with E-state index in [9.17, 15) is 4.79 Å². The van der Waals surface area contributed by atoms with Gasteiger partial charge in [-0.2, -0.15) is 0 Å². The van der Waals surface area contributed by atoms with Crippen LogP contribution in [0.5, 0.6) is 17.2 Å². The lowest BCUT2D eigenvalue weighted by Gasteiger charge is -2.23. The molecule has 170 valence electrons. The molecule has 0 aliphatic carbocycles. The zero-order chi connectivity index (χ0) is 23.3. The smallest absolute Gasteiger partial charge is 0.254 e. The maximum absolute atomic E-state index is 13.1. The number of carbonyl (C=O) groups excluding carboxylic acids is 1. The molecule has 32 heavy (non-hydrogen) atoms. The van der Waals surface area contributed by atoms with Crippen molar-refractivity contribution in [3.8, 4) is 28.6 Å². The Balaban J connectivity index is 1.87. The van der Waals surface area contributed by atoms with Crippen LogP contribution in [0.25, 0.3) is 11.3 Å². The number of rotatable bonds is 9. The van der Waals surface area contributed by atoms with Crippen LogP contribution in [0, 0.1) is 12.8 Å². The number of carbonyl (C=O) groups is 1. The lowest BCUT2D eigenvalue weighted by atomic mass is 10.1. The Morgan fingerprint density at radius 3 is 2.16 bits per heavy atom. The minimum Gasteiger partial charge on any atom is -0.493 e. The molecule has 1 aromatic heterocycles. The van der Waals surface area contributed by atoms with E-state index in [1.807, 2.05) is 37.3 Å². The summed E-state index contributed by atoms with van der Waals surface area (Å²) in [4.78, 5) is 14.9. The third-order valence-corrected chi connectivity index (χ3v) is 5.03. The van der Waals surface area contributed by atoms with Gasteiger partial charge in [0.1, 0.15) is 5.69 Å². The Labute approximate surface area is 188 Å². The summed E-state index contributed by atoms with van der Waals surface area (Å²) >= 11 is 0. The van der Waals surface area contributed by atoms with Gasteiger partial charge in [-0.05, 0) is 37.1 Å². The molecule has 3 aromatic rings. The first-order valence-corrected chi connectivity index (χ1v) is 10.5. The van der Waals surface area contributed by atoms with Crippen LogP contribution in [-0.2, 0) is 6.54 Å². The fourth-order valence-corrected chi connectivity index (χ4v) is 3.48. The normalized spacial score (nSPS) is 10.8. The summed E-state index contributed by atoms with van der Waals surface area (Å²) in [6.45, 7) is 7.12. The van der Waals surface area contributed by atoms with Crippen LogP contribution in [-0.4, -0.2) is 43.8 Å². The molecule has 1 heterocycles. The van der Waals surface area contributed by atoms with E-state index in [1.54, 1.807) is 38.4 Å². The fraction of sp³-hybridized carbons (Fsp3) is 0.360. The van der Waals surface area contributed by atoms with E-state index in [2.05, 4.69) is 19.0 Å². The fourth-order valence-electron chi connectivity index (χ4n) is 3.48. The monoisotopic (exact) mass is 438 g/mol. The number of nitrogens with zero attached hydrogens (tertiary/aromatic N) is 2. The van der Waals surface area contributed by atoms with Crippen molar-refractivity contribution in [1.29, 1.82) is 0 Å². The maximum atomic E-state index is 13.1. The molecule has 7 heteroatoms. The van der Waals surface area contributed by atoms with Gasteiger partial charge in [0.25, 0.3) is 5.91 Å². The number of hydrogen-bond acceptors (Lipinski definition) is 6. The standard InChI is InChI=1S/C25H30N2O5/c1-16(2)14-27(25(28)18-9-7-17(3)8-10-18)15-20-13-21(32-26-20)19-11-22(29-4)24(31-6)23(12-19)30-5/h7-13,16H,14-15H2,1-6H3. The summed E-state index contributed by atoms with van der Waals surface area (Å²) in [5, 5.41) is 4.20. The van der Waals surface area contributed by atoms with Crippen LogP contribution in [0.3, 0.4) is 0 Å². The molecular weight excluding hydrogens is 408 g/mol. The van der Waals surface area contributed by atoms with Crippen molar-refractivity contribution in [3.05, 3.63) is 59.3 Å². The van der Waals surface area contributed by atoms with Crippen molar-refractivity contribution in [1.82, 2.24) is 10.1 Å². The number of methoxy groups -OCH3 is 3. The predicted molar refractivity (Wildman–Crippen MR) is 122 cm³/mol. The zero-order valence-electron chi connectivity index (χ0n) is 19.5. The van der Waals surface area contributed by atoms with E-state index in [-0.39, 0.29) is 5.91 Å². The third-order valence-electron chi connectivity index (χ3n) is 5.03. The van der Waals surface area contributed by atoms with Gasteiger partial charge in [0.2, 0.25) is 5.75 Å². The van der Waals surface area contributed by atoms with Crippen LogP contribution in [0.4, 0.5) is 0 Å². The predicted octanol–water partition coefficient (Wildman–Crippen LogP) is 4.97. The van der Waals surface area contributed by atoms with Crippen LogP contribution >= 0.6 is 0 Å². The van der Waals surface area contributed by atoms with E-state index in [0.717, 1.165) is 11.1 Å². The molecule has 0 N–H and O–H groups in total. The molecule has 0 unspecified atom stereocenters. The summed E-state index contributed by atoms with van der Waals surface area (Å²) in [6.07, 6.45) is 0. The lowest BCUT2D eigenvalue weighted by Crippen LogP contribution is -2.33.